The molecule has 0 saturated heterocycles. The van der Waals surface area contributed by atoms with E-state index in [1.807, 2.05) is 24.3 Å². The highest BCUT2D eigenvalue weighted by Gasteiger charge is 2.25. The number of carbonyl (C=O) groups is 2. The third kappa shape index (κ3) is 3.54. The molecule has 0 aromatic heterocycles. The quantitative estimate of drug-likeness (QED) is 0.768. The van der Waals surface area contributed by atoms with E-state index >= 15 is 0 Å². The number of nitrogens with zero attached hydrogens (tertiary/aromatic N) is 1. The van der Waals surface area contributed by atoms with Crippen molar-refractivity contribution in [3.8, 4) is 0 Å². The van der Waals surface area contributed by atoms with Gasteiger partial charge in [-0.3, -0.25) is 4.79 Å². The minimum absolute atomic E-state index is 0.138. The number of hydrogen-bond donors (Lipinski definition) is 1. The van der Waals surface area contributed by atoms with E-state index in [4.69, 9.17) is 4.74 Å². The monoisotopic (exact) mass is 402 g/mol. The molecule has 130 valence electrons. The van der Waals surface area contributed by atoms with E-state index < -0.39 is 5.97 Å². The molecule has 1 aliphatic heterocycles. The average Bonchev–Trinajstić information content (AvgIpc) is 2.79. The molecule has 0 aliphatic carbocycles. The van der Waals surface area contributed by atoms with Crippen LogP contribution >= 0.6 is 15.9 Å². The van der Waals surface area contributed by atoms with Crippen molar-refractivity contribution in [2.75, 3.05) is 23.9 Å². The van der Waals surface area contributed by atoms with Crippen LogP contribution in [0.3, 0.4) is 0 Å². The normalized spacial score (nSPS) is 16.4. The summed E-state index contributed by atoms with van der Waals surface area (Å²) in [6, 6.07) is 13.0. The van der Waals surface area contributed by atoms with Crippen LogP contribution in [0.1, 0.15) is 34.1 Å². The summed E-state index contributed by atoms with van der Waals surface area (Å²) in [5.74, 6) is -0.617. The number of benzene rings is 2. The first-order valence-electron chi connectivity index (χ1n) is 8.06. The van der Waals surface area contributed by atoms with E-state index in [0.717, 1.165) is 17.8 Å². The molecule has 6 heteroatoms. The van der Waals surface area contributed by atoms with Crippen LogP contribution in [0, 0.1) is 0 Å². The van der Waals surface area contributed by atoms with E-state index in [-0.39, 0.29) is 11.9 Å². The first kappa shape index (κ1) is 17.5. The zero-order chi connectivity index (χ0) is 18.0. The summed E-state index contributed by atoms with van der Waals surface area (Å²) in [4.78, 5) is 26.8. The Morgan fingerprint density at radius 2 is 2.00 bits per heavy atom. The Balaban J connectivity index is 2.00. The lowest BCUT2D eigenvalue weighted by atomic mass is 10.1. The van der Waals surface area contributed by atoms with Gasteiger partial charge in [-0.15, -0.1) is 0 Å². The van der Waals surface area contributed by atoms with Gasteiger partial charge < -0.3 is 15.0 Å². The fourth-order valence-electron chi connectivity index (χ4n) is 2.90. The van der Waals surface area contributed by atoms with Crippen LogP contribution in [0.5, 0.6) is 0 Å². The minimum atomic E-state index is -0.479. The van der Waals surface area contributed by atoms with Crippen LogP contribution in [-0.2, 0) is 4.74 Å². The fourth-order valence-corrected chi connectivity index (χ4v) is 3.31. The summed E-state index contributed by atoms with van der Waals surface area (Å²) in [7, 11) is 1.32. The molecule has 25 heavy (non-hydrogen) atoms. The van der Waals surface area contributed by atoms with E-state index in [1.165, 1.54) is 7.11 Å². The maximum absolute atomic E-state index is 13.1. The second-order valence-electron chi connectivity index (χ2n) is 5.99. The lowest BCUT2D eigenvalue weighted by molar-refractivity contribution is 0.0599. The largest absolute Gasteiger partial charge is 0.465 e. The summed E-state index contributed by atoms with van der Waals surface area (Å²) in [5.41, 5.74) is 2.57. The number of ether oxygens (including phenoxy) is 1. The predicted molar refractivity (Wildman–Crippen MR) is 101 cm³/mol. The summed E-state index contributed by atoms with van der Waals surface area (Å²) < 4.78 is 5.38. The lowest BCUT2D eigenvalue weighted by Gasteiger charge is -2.22. The van der Waals surface area contributed by atoms with Gasteiger partial charge in [0.1, 0.15) is 0 Å². The number of hydrogen-bond acceptors (Lipinski definition) is 4. The number of fused-ring (bicyclic) bond motifs is 1. The van der Waals surface area contributed by atoms with Gasteiger partial charge in [-0.1, -0.05) is 12.1 Å². The van der Waals surface area contributed by atoms with E-state index in [0.29, 0.717) is 22.1 Å². The smallest absolute Gasteiger partial charge is 0.339 e. The average molecular weight is 403 g/mol. The Bertz CT molecular complexity index is 822. The number of amides is 1. The maximum atomic E-state index is 13.1. The summed E-state index contributed by atoms with van der Waals surface area (Å²) in [6.45, 7) is 2.70. The molecule has 0 bridgehead atoms. The number of para-hydroxylation sites is 2. The SMILES string of the molecule is COC(=O)c1cc(C(=O)N2CC[C@H](C)Nc3ccccc32)ccc1Br. The maximum Gasteiger partial charge on any atom is 0.339 e. The highest BCUT2D eigenvalue weighted by atomic mass is 79.9. The third-order valence-corrected chi connectivity index (χ3v) is 4.94. The molecule has 0 unspecified atom stereocenters. The first-order valence-corrected chi connectivity index (χ1v) is 8.86. The molecule has 0 fully saturated rings. The summed E-state index contributed by atoms with van der Waals surface area (Å²) in [5, 5.41) is 3.43. The topological polar surface area (TPSA) is 58.6 Å². The van der Waals surface area contributed by atoms with Crippen molar-refractivity contribution in [1.82, 2.24) is 0 Å². The Hall–Kier alpha value is -2.34. The van der Waals surface area contributed by atoms with Gasteiger partial charge in [0.25, 0.3) is 5.91 Å². The summed E-state index contributed by atoms with van der Waals surface area (Å²) >= 11 is 3.33. The van der Waals surface area contributed by atoms with Crippen LogP contribution in [0.2, 0.25) is 0 Å². The molecule has 0 radical (unpaired) electrons. The van der Waals surface area contributed by atoms with Gasteiger partial charge in [0.2, 0.25) is 0 Å². The number of carbonyl (C=O) groups excluding carboxylic acids is 2. The zero-order valence-electron chi connectivity index (χ0n) is 14.1. The molecule has 3 rings (SSSR count). The summed E-state index contributed by atoms with van der Waals surface area (Å²) in [6.07, 6.45) is 0.834. The van der Waals surface area contributed by atoms with Crippen LogP contribution < -0.4 is 10.2 Å². The third-order valence-electron chi connectivity index (χ3n) is 4.25. The van der Waals surface area contributed by atoms with Crippen molar-refractivity contribution in [2.45, 2.75) is 19.4 Å². The second-order valence-corrected chi connectivity index (χ2v) is 6.85. The standard InChI is InChI=1S/C19H19BrN2O3/c1-12-9-10-22(17-6-4-3-5-16(17)21-12)18(23)13-7-8-15(20)14(11-13)19(24)25-2/h3-8,11-12,21H,9-10H2,1-2H3/t12-/m0/s1. The van der Waals surface area contributed by atoms with E-state index in [1.54, 1.807) is 23.1 Å². The predicted octanol–water partition coefficient (Wildman–Crippen LogP) is 4.09. The molecule has 2 aromatic rings. The molecule has 1 aliphatic rings. The molecule has 2 aromatic carbocycles. The Labute approximate surface area is 155 Å². The van der Waals surface area contributed by atoms with Crippen LogP contribution in [0.15, 0.2) is 46.9 Å². The van der Waals surface area contributed by atoms with Gasteiger partial charge in [-0.05, 0) is 59.6 Å². The minimum Gasteiger partial charge on any atom is -0.465 e. The van der Waals surface area contributed by atoms with E-state index in [2.05, 4.69) is 28.2 Å². The molecule has 1 amide bonds. The van der Waals surface area contributed by atoms with Crippen molar-refractivity contribution >= 4 is 39.2 Å². The van der Waals surface area contributed by atoms with Gasteiger partial charge in [0.15, 0.2) is 0 Å². The van der Waals surface area contributed by atoms with Gasteiger partial charge in [-0.2, -0.15) is 0 Å². The van der Waals surface area contributed by atoms with Gasteiger partial charge in [0, 0.05) is 22.6 Å². The molecular formula is C19H19BrN2O3. The van der Waals surface area contributed by atoms with Crippen LogP contribution in [0.25, 0.3) is 0 Å². The van der Waals surface area contributed by atoms with Gasteiger partial charge >= 0.3 is 5.97 Å². The number of methoxy groups -OCH3 is 1. The highest BCUT2D eigenvalue weighted by molar-refractivity contribution is 9.10. The van der Waals surface area contributed by atoms with Crippen molar-refractivity contribution in [2.24, 2.45) is 0 Å². The van der Waals surface area contributed by atoms with Crippen molar-refractivity contribution in [3.05, 3.63) is 58.1 Å². The molecule has 1 heterocycles. The zero-order valence-corrected chi connectivity index (χ0v) is 15.7. The van der Waals surface area contributed by atoms with Gasteiger partial charge in [0.05, 0.1) is 24.0 Å². The Morgan fingerprint density at radius 1 is 1.24 bits per heavy atom. The number of esters is 1. The molecule has 5 nitrogen and oxygen atoms in total. The van der Waals surface area contributed by atoms with Gasteiger partial charge in [-0.25, -0.2) is 4.79 Å². The Morgan fingerprint density at radius 3 is 2.76 bits per heavy atom. The first-order chi connectivity index (χ1) is 12.0. The molecule has 1 N–H and O–H groups in total. The Kier molecular flexibility index (Phi) is 5.08. The number of anilines is 2. The van der Waals surface area contributed by atoms with Crippen molar-refractivity contribution < 1.29 is 14.3 Å². The van der Waals surface area contributed by atoms with Crippen LogP contribution in [0.4, 0.5) is 11.4 Å². The second kappa shape index (κ2) is 7.27. The number of halogens is 1. The molecule has 0 saturated carbocycles. The van der Waals surface area contributed by atoms with Crippen LogP contribution in [-0.4, -0.2) is 31.6 Å². The number of nitrogens with one attached hydrogen (secondary N) is 1. The molecular weight excluding hydrogens is 384 g/mol. The fraction of sp³-hybridized carbons (Fsp3) is 0.263. The molecule has 1 atom stereocenters. The molecule has 0 spiro atoms. The van der Waals surface area contributed by atoms with Crippen molar-refractivity contribution in [3.63, 3.8) is 0 Å². The number of rotatable bonds is 2. The lowest BCUT2D eigenvalue weighted by Crippen LogP contribution is -2.32. The van der Waals surface area contributed by atoms with E-state index in [9.17, 15) is 9.59 Å². The van der Waals surface area contributed by atoms with Crippen molar-refractivity contribution in [1.29, 1.82) is 0 Å². The highest BCUT2D eigenvalue weighted by Crippen LogP contribution is 2.31.